The number of sulfone groups is 1. The highest BCUT2D eigenvalue weighted by Gasteiger charge is 2.60. The molecule has 42 heavy (non-hydrogen) atoms. The molecule has 12 nitrogen and oxygen atoms in total. The number of thiazole rings is 1. The van der Waals surface area contributed by atoms with Gasteiger partial charge in [-0.05, 0) is 43.9 Å². The lowest BCUT2D eigenvalue weighted by Crippen LogP contribution is -2.63. The van der Waals surface area contributed by atoms with Gasteiger partial charge in [0.1, 0.15) is 23.0 Å². The maximum atomic E-state index is 13.4. The minimum absolute atomic E-state index is 0.0234. The standard InChI is InChI=1S/C28H37N3O9S2/c1-14(2)28(5)9-7-8-17(10-28)40-27(35)39-13-38-26(34)22-19(15(3)21-20(16(4)32)24(33)31(21)22)18-11-30-12-29-23(25(30)41-18)42(6,36)37/h11-12,14-17,20-21,32H,7-10,13H2,1-6H3/t15?,16-,17?,20-,21+,28+/m1/s1. The number of β-lactam (4-membered cyclic amide) rings is 1. The second-order valence-corrected chi connectivity index (χ2v) is 15.2. The average molecular weight is 624 g/mol. The summed E-state index contributed by atoms with van der Waals surface area (Å²) in [6.45, 7) is 9.15. The van der Waals surface area contributed by atoms with Crippen LogP contribution in [0.25, 0.3) is 10.4 Å². The maximum Gasteiger partial charge on any atom is 0.511 e. The number of carbonyl (C=O) groups excluding carboxylic acids is 3. The Morgan fingerprint density at radius 3 is 2.62 bits per heavy atom. The number of aromatic nitrogens is 2. The van der Waals surface area contributed by atoms with Gasteiger partial charge in [0.15, 0.2) is 14.9 Å². The van der Waals surface area contributed by atoms with E-state index in [0.717, 1.165) is 43.3 Å². The van der Waals surface area contributed by atoms with Crippen molar-refractivity contribution in [3.8, 4) is 0 Å². The number of nitrogens with zero attached hydrogens (tertiary/aromatic N) is 3. The summed E-state index contributed by atoms with van der Waals surface area (Å²) in [5, 5.41) is 10.2. The van der Waals surface area contributed by atoms with Gasteiger partial charge in [0.05, 0.1) is 22.9 Å². The summed E-state index contributed by atoms with van der Waals surface area (Å²) in [5.74, 6) is -1.96. The van der Waals surface area contributed by atoms with Gasteiger partial charge in [-0.1, -0.05) is 27.7 Å². The van der Waals surface area contributed by atoms with E-state index in [1.54, 1.807) is 10.6 Å². The molecule has 2 unspecified atom stereocenters. The third-order valence-corrected chi connectivity index (χ3v) is 11.4. The largest absolute Gasteiger partial charge is 0.511 e. The molecule has 0 spiro atoms. The Balaban J connectivity index is 1.34. The molecule has 2 aliphatic heterocycles. The number of aliphatic hydroxyl groups excluding tert-OH is 1. The van der Waals surface area contributed by atoms with Crippen molar-refractivity contribution in [3.63, 3.8) is 0 Å². The Bertz CT molecular complexity index is 1560. The number of fused-ring (bicyclic) bond motifs is 2. The van der Waals surface area contributed by atoms with E-state index in [-0.39, 0.29) is 28.2 Å². The average Bonchev–Trinajstić information content (AvgIpc) is 3.53. The molecule has 6 atom stereocenters. The fraction of sp³-hybridized carbons (Fsp3) is 0.643. The van der Waals surface area contributed by atoms with Crippen molar-refractivity contribution < 1.29 is 42.1 Å². The van der Waals surface area contributed by atoms with E-state index >= 15 is 0 Å². The molecule has 3 aliphatic rings. The fourth-order valence-corrected chi connectivity index (χ4v) is 8.85. The van der Waals surface area contributed by atoms with E-state index in [4.69, 9.17) is 14.2 Å². The SMILES string of the molecule is CC1C(c2cn3cnc(S(C)(=O)=O)c3s2)=C(C(=O)OCOC(=O)OC2CCC[C@](C)(C(C)C)C2)N2C(=O)[C@H]([C@@H](C)O)[C@H]12. The number of carbonyl (C=O) groups is 3. The van der Waals surface area contributed by atoms with Gasteiger partial charge in [-0.3, -0.25) is 9.20 Å². The molecular formula is C28H37N3O9S2. The Morgan fingerprint density at radius 2 is 1.98 bits per heavy atom. The number of rotatable bonds is 8. The van der Waals surface area contributed by atoms with Crippen molar-refractivity contribution in [1.82, 2.24) is 14.3 Å². The minimum Gasteiger partial charge on any atom is -0.431 e. The smallest absolute Gasteiger partial charge is 0.431 e. The molecule has 14 heteroatoms. The van der Waals surface area contributed by atoms with Crippen LogP contribution in [-0.4, -0.2) is 77.1 Å². The maximum absolute atomic E-state index is 13.4. The van der Waals surface area contributed by atoms with Crippen molar-refractivity contribution in [1.29, 1.82) is 0 Å². The Labute approximate surface area is 248 Å². The molecule has 5 rings (SSSR count). The van der Waals surface area contributed by atoms with Gasteiger partial charge in [-0.15, -0.1) is 11.3 Å². The molecule has 1 saturated carbocycles. The first-order valence-electron chi connectivity index (χ1n) is 14.1. The van der Waals surface area contributed by atoms with E-state index in [1.165, 1.54) is 18.2 Å². The monoisotopic (exact) mass is 623 g/mol. The summed E-state index contributed by atoms with van der Waals surface area (Å²) < 4.78 is 41.9. The minimum atomic E-state index is -3.61. The lowest BCUT2D eigenvalue weighted by atomic mass is 9.67. The van der Waals surface area contributed by atoms with Gasteiger partial charge in [0, 0.05) is 23.9 Å². The number of aliphatic hydroxyl groups is 1. The van der Waals surface area contributed by atoms with Crippen LogP contribution < -0.4 is 0 Å². The first kappa shape index (κ1) is 30.5. The summed E-state index contributed by atoms with van der Waals surface area (Å²) in [6, 6.07) is -0.489. The van der Waals surface area contributed by atoms with Gasteiger partial charge < -0.3 is 24.2 Å². The van der Waals surface area contributed by atoms with Crippen molar-refractivity contribution in [2.75, 3.05) is 13.0 Å². The third-order valence-electron chi connectivity index (χ3n) is 9.15. The lowest BCUT2D eigenvalue weighted by Gasteiger charge is -2.46. The van der Waals surface area contributed by atoms with Crippen LogP contribution in [0, 0.1) is 23.2 Å². The fourth-order valence-electron chi connectivity index (χ4n) is 6.49. The third kappa shape index (κ3) is 5.21. The zero-order valence-corrected chi connectivity index (χ0v) is 26.2. The van der Waals surface area contributed by atoms with Gasteiger partial charge in [0.2, 0.25) is 12.7 Å². The first-order valence-corrected chi connectivity index (χ1v) is 16.8. The summed E-state index contributed by atoms with van der Waals surface area (Å²) in [5.41, 5.74) is 0.519. The molecule has 1 amide bonds. The van der Waals surface area contributed by atoms with E-state index in [1.807, 2.05) is 6.92 Å². The van der Waals surface area contributed by atoms with Crippen LogP contribution in [0.4, 0.5) is 4.79 Å². The molecule has 0 bridgehead atoms. The van der Waals surface area contributed by atoms with Crippen LogP contribution >= 0.6 is 11.3 Å². The normalized spacial score (nSPS) is 28.6. The summed E-state index contributed by atoms with van der Waals surface area (Å²) in [6.07, 6.45) is 5.39. The Hall–Kier alpha value is -2.97. The predicted molar refractivity (Wildman–Crippen MR) is 152 cm³/mol. The zero-order chi connectivity index (χ0) is 30.7. The molecule has 2 fully saturated rings. The van der Waals surface area contributed by atoms with Crippen LogP contribution in [0.2, 0.25) is 0 Å². The Morgan fingerprint density at radius 1 is 1.26 bits per heavy atom. The summed E-state index contributed by atoms with van der Waals surface area (Å²) in [4.78, 5) is 45.1. The van der Waals surface area contributed by atoms with Gasteiger partial charge in [0.25, 0.3) is 0 Å². The number of hydrogen-bond donors (Lipinski definition) is 1. The van der Waals surface area contributed by atoms with Crippen molar-refractivity contribution >= 4 is 49.6 Å². The number of imidazole rings is 1. The number of hydrogen-bond acceptors (Lipinski definition) is 11. The van der Waals surface area contributed by atoms with Crippen molar-refractivity contribution in [3.05, 3.63) is 23.1 Å². The van der Waals surface area contributed by atoms with E-state index in [9.17, 15) is 27.9 Å². The molecule has 0 aromatic carbocycles. The predicted octanol–water partition coefficient (Wildman–Crippen LogP) is 3.63. The molecule has 0 radical (unpaired) electrons. The zero-order valence-electron chi connectivity index (χ0n) is 24.5. The number of amides is 1. The van der Waals surface area contributed by atoms with Crippen LogP contribution in [0.15, 0.2) is 23.2 Å². The van der Waals surface area contributed by atoms with Crippen LogP contribution in [0.5, 0.6) is 0 Å². The lowest BCUT2D eigenvalue weighted by molar-refractivity contribution is -0.167. The molecule has 2 aromatic heterocycles. The van der Waals surface area contributed by atoms with Gasteiger partial charge in [-0.2, -0.15) is 0 Å². The van der Waals surface area contributed by atoms with Crippen molar-refractivity contribution in [2.45, 2.75) is 83.6 Å². The summed E-state index contributed by atoms with van der Waals surface area (Å²) >= 11 is 1.12. The van der Waals surface area contributed by atoms with E-state index < -0.39 is 52.7 Å². The topological polar surface area (TPSA) is 154 Å². The van der Waals surface area contributed by atoms with Crippen LogP contribution in [0.1, 0.15) is 65.2 Å². The first-order chi connectivity index (χ1) is 19.6. The van der Waals surface area contributed by atoms with Gasteiger partial charge in [-0.25, -0.2) is 23.0 Å². The highest BCUT2D eigenvalue weighted by Crippen LogP contribution is 2.52. The molecule has 4 heterocycles. The molecule has 1 saturated heterocycles. The molecule has 1 N–H and O–H groups in total. The highest BCUT2D eigenvalue weighted by atomic mass is 32.2. The molecule has 2 aromatic rings. The quantitative estimate of drug-likeness (QED) is 0.262. The van der Waals surface area contributed by atoms with Gasteiger partial charge >= 0.3 is 12.1 Å². The second kappa shape index (κ2) is 10.9. The highest BCUT2D eigenvalue weighted by molar-refractivity contribution is 7.91. The second-order valence-electron chi connectivity index (χ2n) is 12.2. The van der Waals surface area contributed by atoms with Crippen LogP contribution in [-0.2, 0) is 33.6 Å². The van der Waals surface area contributed by atoms with E-state index in [2.05, 4.69) is 25.8 Å². The number of esters is 1. The van der Waals surface area contributed by atoms with E-state index in [0.29, 0.717) is 21.2 Å². The number of ether oxygens (including phenoxy) is 3. The molecule has 1 aliphatic carbocycles. The van der Waals surface area contributed by atoms with Crippen molar-refractivity contribution in [2.24, 2.45) is 23.2 Å². The molecule has 230 valence electrons. The Kier molecular flexibility index (Phi) is 7.94. The summed E-state index contributed by atoms with van der Waals surface area (Å²) in [7, 11) is -3.61. The molecular weight excluding hydrogens is 586 g/mol. The van der Waals surface area contributed by atoms with Crippen LogP contribution in [0.3, 0.4) is 0 Å².